The Labute approximate surface area is 109 Å². The highest BCUT2D eigenvalue weighted by Gasteiger charge is 2.24. The van der Waals surface area contributed by atoms with Gasteiger partial charge in [0.15, 0.2) is 0 Å². The van der Waals surface area contributed by atoms with Crippen molar-refractivity contribution in [3.8, 4) is 0 Å². The summed E-state index contributed by atoms with van der Waals surface area (Å²) in [5.41, 5.74) is 3.17. The Kier molecular flexibility index (Phi) is 2.15. The molecule has 19 heavy (non-hydrogen) atoms. The van der Waals surface area contributed by atoms with Gasteiger partial charge in [-0.05, 0) is 35.9 Å². The van der Waals surface area contributed by atoms with Gasteiger partial charge in [0.25, 0.3) is 0 Å². The van der Waals surface area contributed by atoms with Gasteiger partial charge in [-0.1, -0.05) is 18.2 Å². The predicted molar refractivity (Wildman–Crippen MR) is 72.7 cm³/mol. The maximum atomic E-state index is 13.2. The molecule has 0 fully saturated rings. The van der Waals surface area contributed by atoms with Gasteiger partial charge in [0, 0.05) is 17.5 Å². The number of anilines is 1. The molecular formula is C16H12FNO. The van der Waals surface area contributed by atoms with Gasteiger partial charge < -0.3 is 9.73 Å². The second kappa shape index (κ2) is 3.85. The highest BCUT2D eigenvalue weighted by molar-refractivity contribution is 5.78. The van der Waals surface area contributed by atoms with E-state index in [-0.39, 0.29) is 11.9 Å². The molecule has 0 saturated heterocycles. The van der Waals surface area contributed by atoms with Crippen LogP contribution in [-0.2, 0) is 6.42 Å². The fourth-order valence-corrected chi connectivity index (χ4v) is 2.68. The Hall–Kier alpha value is -2.29. The van der Waals surface area contributed by atoms with E-state index in [0.717, 1.165) is 28.8 Å². The quantitative estimate of drug-likeness (QED) is 0.700. The molecule has 0 aliphatic carbocycles. The molecule has 4 rings (SSSR count). The van der Waals surface area contributed by atoms with Gasteiger partial charge in [0.05, 0.1) is 6.04 Å². The summed E-state index contributed by atoms with van der Waals surface area (Å²) in [6.45, 7) is 0. The lowest BCUT2D eigenvalue weighted by Gasteiger charge is -2.06. The summed E-state index contributed by atoms with van der Waals surface area (Å²) >= 11 is 0. The van der Waals surface area contributed by atoms with Crippen molar-refractivity contribution in [2.45, 2.75) is 12.5 Å². The van der Waals surface area contributed by atoms with Gasteiger partial charge in [0.2, 0.25) is 0 Å². The maximum Gasteiger partial charge on any atom is 0.134 e. The first kappa shape index (κ1) is 10.6. The van der Waals surface area contributed by atoms with E-state index in [4.69, 9.17) is 4.42 Å². The van der Waals surface area contributed by atoms with Gasteiger partial charge >= 0.3 is 0 Å². The summed E-state index contributed by atoms with van der Waals surface area (Å²) in [6.07, 6.45) is 0.901. The molecule has 2 nitrogen and oxygen atoms in total. The first-order valence-corrected chi connectivity index (χ1v) is 6.33. The second-order valence-corrected chi connectivity index (χ2v) is 4.89. The number of hydrogen-bond donors (Lipinski definition) is 1. The zero-order valence-electron chi connectivity index (χ0n) is 10.2. The molecule has 1 N–H and O–H groups in total. The number of halogens is 1. The smallest absolute Gasteiger partial charge is 0.134 e. The summed E-state index contributed by atoms with van der Waals surface area (Å²) in [7, 11) is 0. The maximum absolute atomic E-state index is 13.2. The molecule has 94 valence electrons. The van der Waals surface area contributed by atoms with Crippen LogP contribution in [-0.4, -0.2) is 0 Å². The number of furan rings is 1. The lowest BCUT2D eigenvalue weighted by Crippen LogP contribution is -2.03. The van der Waals surface area contributed by atoms with E-state index in [1.807, 2.05) is 18.2 Å². The highest BCUT2D eigenvalue weighted by Crippen LogP contribution is 2.36. The van der Waals surface area contributed by atoms with Gasteiger partial charge in [0.1, 0.15) is 17.2 Å². The molecule has 1 atom stereocenters. The van der Waals surface area contributed by atoms with Crippen LogP contribution >= 0.6 is 0 Å². The molecule has 3 heteroatoms. The van der Waals surface area contributed by atoms with Crippen LogP contribution < -0.4 is 5.32 Å². The van der Waals surface area contributed by atoms with Crippen molar-refractivity contribution >= 4 is 16.7 Å². The Morgan fingerprint density at radius 3 is 2.89 bits per heavy atom. The highest BCUT2D eigenvalue weighted by atomic mass is 19.1. The Morgan fingerprint density at radius 2 is 2.00 bits per heavy atom. The summed E-state index contributed by atoms with van der Waals surface area (Å²) in [4.78, 5) is 0. The monoisotopic (exact) mass is 253 g/mol. The van der Waals surface area contributed by atoms with Gasteiger partial charge in [-0.3, -0.25) is 0 Å². The van der Waals surface area contributed by atoms with Gasteiger partial charge in [-0.2, -0.15) is 0 Å². The van der Waals surface area contributed by atoms with Crippen LogP contribution in [0.1, 0.15) is 17.4 Å². The number of para-hydroxylation sites is 1. The van der Waals surface area contributed by atoms with E-state index >= 15 is 0 Å². The summed E-state index contributed by atoms with van der Waals surface area (Å²) in [5, 5.41) is 4.25. The number of fused-ring (bicyclic) bond motifs is 2. The molecule has 1 unspecified atom stereocenters. The zero-order chi connectivity index (χ0) is 12.8. The molecule has 1 aliphatic heterocycles. The van der Waals surface area contributed by atoms with Crippen LogP contribution in [0.4, 0.5) is 10.1 Å². The molecule has 2 heterocycles. The predicted octanol–water partition coefficient (Wildman–Crippen LogP) is 4.28. The summed E-state index contributed by atoms with van der Waals surface area (Å²) in [6, 6.07) is 14.9. The van der Waals surface area contributed by atoms with Crippen LogP contribution in [0, 0.1) is 5.82 Å². The van der Waals surface area contributed by atoms with E-state index in [2.05, 4.69) is 17.4 Å². The van der Waals surface area contributed by atoms with Crippen LogP contribution in [0.2, 0.25) is 0 Å². The number of benzene rings is 2. The Morgan fingerprint density at radius 1 is 1.11 bits per heavy atom. The van der Waals surface area contributed by atoms with E-state index in [1.54, 1.807) is 6.07 Å². The minimum atomic E-state index is -0.234. The van der Waals surface area contributed by atoms with Crippen LogP contribution in [0.3, 0.4) is 0 Å². The molecule has 1 aliphatic rings. The van der Waals surface area contributed by atoms with Crippen molar-refractivity contribution in [2.24, 2.45) is 0 Å². The molecule has 2 aromatic carbocycles. The largest absolute Gasteiger partial charge is 0.459 e. The molecule has 0 radical (unpaired) electrons. The lowest BCUT2D eigenvalue weighted by atomic mass is 10.1. The third-order valence-corrected chi connectivity index (χ3v) is 3.61. The molecular weight excluding hydrogens is 241 g/mol. The van der Waals surface area contributed by atoms with E-state index in [1.165, 1.54) is 17.7 Å². The molecule has 0 saturated carbocycles. The molecule has 0 amide bonds. The minimum Gasteiger partial charge on any atom is -0.459 e. The van der Waals surface area contributed by atoms with E-state index in [0.29, 0.717) is 0 Å². The molecule has 0 spiro atoms. The van der Waals surface area contributed by atoms with Gasteiger partial charge in [-0.25, -0.2) is 4.39 Å². The van der Waals surface area contributed by atoms with Crippen molar-refractivity contribution in [3.05, 3.63) is 65.7 Å². The average Bonchev–Trinajstić information content (AvgIpc) is 3.00. The third-order valence-electron chi connectivity index (χ3n) is 3.61. The van der Waals surface area contributed by atoms with E-state index in [9.17, 15) is 4.39 Å². The van der Waals surface area contributed by atoms with E-state index < -0.39 is 0 Å². The number of nitrogens with one attached hydrogen (secondary N) is 1. The lowest BCUT2D eigenvalue weighted by molar-refractivity contribution is 0.517. The Balaban J connectivity index is 1.73. The fraction of sp³-hybridized carbons (Fsp3) is 0.125. The van der Waals surface area contributed by atoms with Crippen LogP contribution in [0.25, 0.3) is 11.0 Å². The van der Waals surface area contributed by atoms with Crippen LogP contribution in [0.15, 0.2) is 52.9 Å². The van der Waals surface area contributed by atoms with Crippen molar-refractivity contribution in [1.82, 2.24) is 0 Å². The van der Waals surface area contributed by atoms with Crippen molar-refractivity contribution in [3.63, 3.8) is 0 Å². The van der Waals surface area contributed by atoms with Crippen LogP contribution in [0.5, 0.6) is 0 Å². The van der Waals surface area contributed by atoms with Gasteiger partial charge in [-0.15, -0.1) is 0 Å². The number of rotatable bonds is 1. The topological polar surface area (TPSA) is 25.2 Å². The SMILES string of the molecule is Fc1ccc2oc(C3Cc4ccccc4N3)cc2c1. The zero-order valence-corrected chi connectivity index (χ0v) is 10.2. The molecule has 1 aromatic heterocycles. The average molecular weight is 253 g/mol. The number of hydrogen-bond acceptors (Lipinski definition) is 2. The van der Waals surface area contributed by atoms with Crippen molar-refractivity contribution in [1.29, 1.82) is 0 Å². The van der Waals surface area contributed by atoms with Crippen molar-refractivity contribution < 1.29 is 8.81 Å². The third kappa shape index (κ3) is 1.70. The normalized spacial score (nSPS) is 17.4. The fourth-order valence-electron chi connectivity index (χ4n) is 2.68. The molecule has 0 bridgehead atoms. The second-order valence-electron chi connectivity index (χ2n) is 4.89. The Bertz CT molecular complexity index is 737. The summed E-state index contributed by atoms with van der Waals surface area (Å²) < 4.78 is 19.0. The first-order valence-electron chi connectivity index (χ1n) is 6.33. The minimum absolute atomic E-state index is 0.132. The summed E-state index contributed by atoms with van der Waals surface area (Å²) in [5.74, 6) is 0.624. The standard InChI is InChI=1S/C16H12FNO/c17-12-5-6-15-11(7-12)9-16(19-15)14-8-10-3-1-2-4-13(10)18-14/h1-7,9,14,18H,8H2. The molecule has 3 aromatic rings. The first-order chi connectivity index (χ1) is 9.29. The van der Waals surface area contributed by atoms with Crippen molar-refractivity contribution in [2.75, 3.05) is 5.32 Å².